The second-order valence-electron chi connectivity index (χ2n) is 8.40. The molecule has 172 valence electrons. The topological polar surface area (TPSA) is 95.6 Å². The predicted molar refractivity (Wildman–Crippen MR) is 124 cm³/mol. The Kier molecular flexibility index (Phi) is 7.69. The van der Waals surface area contributed by atoms with Crippen molar-refractivity contribution in [2.75, 3.05) is 19.6 Å². The summed E-state index contributed by atoms with van der Waals surface area (Å²) >= 11 is 0. The molecule has 0 aromatic heterocycles. The summed E-state index contributed by atoms with van der Waals surface area (Å²) in [7, 11) is -3.87. The van der Waals surface area contributed by atoms with Crippen LogP contribution < -0.4 is 10.6 Å². The van der Waals surface area contributed by atoms with Gasteiger partial charge in [0.1, 0.15) is 0 Å². The summed E-state index contributed by atoms with van der Waals surface area (Å²) < 4.78 is 27.1. The molecular weight excluding hydrogens is 426 g/mol. The Morgan fingerprint density at radius 1 is 1.16 bits per heavy atom. The van der Waals surface area contributed by atoms with E-state index in [1.54, 1.807) is 12.1 Å². The molecule has 0 bridgehead atoms. The molecular formula is C24H31N3O4S. The third-order valence-corrected chi connectivity index (χ3v) is 7.41. The molecule has 8 heteroatoms. The molecule has 0 spiro atoms. The number of piperazine rings is 1. The minimum Gasteiger partial charge on any atom is -0.354 e. The zero-order valence-electron chi connectivity index (χ0n) is 18.8. The summed E-state index contributed by atoms with van der Waals surface area (Å²) in [4.78, 5) is 24.7. The van der Waals surface area contributed by atoms with Gasteiger partial charge in [-0.3, -0.25) is 9.59 Å². The van der Waals surface area contributed by atoms with Crippen LogP contribution >= 0.6 is 0 Å². The fourth-order valence-corrected chi connectivity index (χ4v) is 5.25. The molecule has 1 fully saturated rings. The van der Waals surface area contributed by atoms with Crippen molar-refractivity contribution >= 4 is 21.8 Å². The average molecular weight is 458 g/mol. The van der Waals surface area contributed by atoms with Crippen molar-refractivity contribution in [3.05, 3.63) is 65.2 Å². The Labute approximate surface area is 190 Å². The van der Waals surface area contributed by atoms with Gasteiger partial charge in [-0.15, -0.1) is 0 Å². The largest absolute Gasteiger partial charge is 0.354 e. The van der Waals surface area contributed by atoms with Crippen LogP contribution in [0.3, 0.4) is 0 Å². The van der Waals surface area contributed by atoms with Crippen LogP contribution in [0.1, 0.15) is 54.7 Å². The smallest absolute Gasteiger partial charge is 0.251 e. The van der Waals surface area contributed by atoms with Crippen molar-refractivity contribution in [3.8, 4) is 0 Å². The number of amides is 2. The molecule has 7 nitrogen and oxygen atoms in total. The summed E-state index contributed by atoms with van der Waals surface area (Å²) in [5.41, 5.74) is 2.53. The lowest BCUT2D eigenvalue weighted by Crippen LogP contribution is -2.49. The predicted octanol–water partition coefficient (Wildman–Crippen LogP) is 2.89. The Balaban J connectivity index is 1.80. The number of sulfonamides is 1. The average Bonchev–Trinajstić information content (AvgIpc) is 2.78. The van der Waals surface area contributed by atoms with E-state index in [0.717, 1.165) is 22.7 Å². The first-order valence-corrected chi connectivity index (χ1v) is 12.4. The standard InChI is InChI=1S/C24H31N3O4S/c1-4-6-18-9-11-19(12-10-18)23(17(2)3)26-24(29)20-7-5-8-21(15-20)32(30,31)27-14-13-25-22(28)16-27/h5,7-12,15,17,23H,4,6,13-14,16H2,1-3H3,(H,25,28)(H,26,29). The van der Waals surface area contributed by atoms with Crippen LogP contribution in [0.2, 0.25) is 0 Å². The van der Waals surface area contributed by atoms with E-state index < -0.39 is 10.0 Å². The zero-order chi connectivity index (χ0) is 23.3. The van der Waals surface area contributed by atoms with Crippen LogP contribution in [-0.2, 0) is 21.2 Å². The first kappa shape index (κ1) is 23.9. The Morgan fingerprint density at radius 2 is 1.88 bits per heavy atom. The van der Waals surface area contributed by atoms with Gasteiger partial charge in [0.25, 0.3) is 5.91 Å². The highest BCUT2D eigenvalue weighted by molar-refractivity contribution is 7.89. The summed E-state index contributed by atoms with van der Waals surface area (Å²) in [5, 5.41) is 5.67. The van der Waals surface area contributed by atoms with Gasteiger partial charge in [0.15, 0.2) is 0 Å². The van der Waals surface area contributed by atoms with E-state index in [0.29, 0.717) is 0 Å². The first-order chi connectivity index (χ1) is 15.2. The van der Waals surface area contributed by atoms with E-state index in [2.05, 4.69) is 29.7 Å². The highest BCUT2D eigenvalue weighted by atomic mass is 32.2. The minimum absolute atomic E-state index is 0.00451. The molecule has 2 amide bonds. The number of hydrogen-bond acceptors (Lipinski definition) is 4. The second kappa shape index (κ2) is 10.3. The molecule has 32 heavy (non-hydrogen) atoms. The molecule has 3 rings (SSSR count). The Bertz CT molecular complexity index is 1060. The van der Waals surface area contributed by atoms with Gasteiger partial charge in [-0.05, 0) is 41.7 Å². The van der Waals surface area contributed by atoms with Gasteiger partial charge in [-0.25, -0.2) is 8.42 Å². The third-order valence-electron chi connectivity index (χ3n) is 5.57. The molecule has 1 aliphatic rings. The van der Waals surface area contributed by atoms with Crippen molar-refractivity contribution in [1.82, 2.24) is 14.9 Å². The SMILES string of the molecule is CCCc1ccc(C(NC(=O)c2cccc(S(=O)(=O)N3CCNC(=O)C3)c2)C(C)C)cc1. The van der Waals surface area contributed by atoms with Gasteiger partial charge in [-0.1, -0.05) is 57.5 Å². The molecule has 1 heterocycles. The van der Waals surface area contributed by atoms with Gasteiger partial charge in [0.05, 0.1) is 17.5 Å². The molecule has 0 saturated carbocycles. The fraction of sp³-hybridized carbons (Fsp3) is 0.417. The van der Waals surface area contributed by atoms with Crippen molar-refractivity contribution in [1.29, 1.82) is 0 Å². The normalized spacial score (nSPS) is 15.9. The Hall–Kier alpha value is -2.71. The van der Waals surface area contributed by atoms with E-state index in [1.165, 1.54) is 17.7 Å². The monoisotopic (exact) mass is 457 g/mol. The summed E-state index contributed by atoms with van der Waals surface area (Å²) in [5.74, 6) is -0.525. The fourth-order valence-electron chi connectivity index (χ4n) is 3.81. The van der Waals surface area contributed by atoms with E-state index in [-0.39, 0.29) is 53.9 Å². The Morgan fingerprint density at radius 3 is 2.50 bits per heavy atom. The maximum atomic E-state index is 13.0. The van der Waals surface area contributed by atoms with Crippen LogP contribution in [0.4, 0.5) is 0 Å². The van der Waals surface area contributed by atoms with Gasteiger partial charge < -0.3 is 10.6 Å². The van der Waals surface area contributed by atoms with E-state index >= 15 is 0 Å². The number of aryl methyl sites for hydroxylation is 1. The molecule has 2 aromatic rings. The van der Waals surface area contributed by atoms with Crippen LogP contribution in [0.5, 0.6) is 0 Å². The molecule has 0 aliphatic carbocycles. The van der Waals surface area contributed by atoms with Gasteiger partial charge in [0.2, 0.25) is 15.9 Å². The maximum absolute atomic E-state index is 13.0. The van der Waals surface area contributed by atoms with Gasteiger partial charge >= 0.3 is 0 Å². The van der Waals surface area contributed by atoms with E-state index in [4.69, 9.17) is 0 Å². The van der Waals surface area contributed by atoms with Crippen molar-refractivity contribution in [2.45, 2.75) is 44.6 Å². The number of carbonyl (C=O) groups excluding carboxylic acids is 2. The lowest BCUT2D eigenvalue weighted by atomic mass is 9.94. The van der Waals surface area contributed by atoms with Crippen LogP contribution in [-0.4, -0.2) is 44.2 Å². The maximum Gasteiger partial charge on any atom is 0.251 e. The van der Waals surface area contributed by atoms with Crippen LogP contribution in [0.15, 0.2) is 53.4 Å². The minimum atomic E-state index is -3.87. The number of benzene rings is 2. The van der Waals surface area contributed by atoms with Crippen LogP contribution in [0, 0.1) is 5.92 Å². The molecule has 2 aromatic carbocycles. The number of carbonyl (C=O) groups is 2. The number of rotatable bonds is 8. The molecule has 1 aliphatic heterocycles. The number of nitrogens with one attached hydrogen (secondary N) is 2. The van der Waals surface area contributed by atoms with Crippen molar-refractivity contribution < 1.29 is 18.0 Å². The van der Waals surface area contributed by atoms with Crippen molar-refractivity contribution in [3.63, 3.8) is 0 Å². The van der Waals surface area contributed by atoms with Crippen LogP contribution in [0.25, 0.3) is 0 Å². The number of nitrogens with zero attached hydrogens (tertiary/aromatic N) is 1. The quantitative estimate of drug-likeness (QED) is 0.637. The summed E-state index contributed by atoms with van der Waals surface area (Å²) in [6.45, 7) is 6.46. The van der Waals surface area contributed by atoms with Crippen molar-refractivity contribution in [2.24, 2.45) is 5.92 Å². The highest BCUT2D eigenvalue weighted by Gasteiger charge is 2.30. The van der Waals surface area contributed by atoms with E-state index in [9.17, 15) is 18.0 Å². The zero-order valence-corrected chi connectivity index (χ0v) is 19.6. The van der Waals surface area contributed by atoms with Gasteiger partial charge in [-0.2, -0.15) is 4.31 Å². The lowest BCUT2D eigenvalue weighted by molar-refractivity contribution is -0.122. The first-order valence-electron chi connectivity index (χ1n) is 11.0. The molecule has 0 radical (unpaired) electrons. The lowest BCUT2D eigenvalue weighted by Gasteiger charge is -2.26. The second-order valence-corrected chi connectivity index (χ2v) is 10.3. The molecule has 2 N–H and O–H groups in total. The summed E-state index contributed by atoms with van der Waals surface area (Å²) in [6.07, 6.45) is 2.09. The summed E-state index contributed by atoms with van der Waals surface area (Å²) in [6, 6.07) is 14.0. The third kappa shape index (κ3) is 5.55. The molecule has 1 atom stereocenters. The highest BCUT2D eigenvalue weighted by Crippen LogP contribution is 2.24. The molecule has 1 saturated heterocycles. The number of hydrogen-bond donors (Lipinski definition) is 2. The molecule has 1 unspecified atom stereocenters. The van der Waals surface area contributed by atoms with E-state index in [1.807, 2.05) is 26.0 Å². The van der Waals surface area contributed by atoms with Gasteiger partial charge in [0, 0.05) is 18.7 Å².